The zero-order valence-corrected chi connectivity index (χ0v) is 17.7. The summed E-state index contributed by atoms with van der Waals surface area (Å²) in [5, 5.41) is 5.03. The van der Waals surface area contributed by atoms with Gasteiger partial charge in [-0.1, -0.05) is 84.9 Å². The maximum Gasteiger partial charge on any atom is 0.330 e. The molecule has 7 aromatic rings. The zero-order chi connectivity index (χ0) is 21.3. The fraction of sp³-hybridized carbons (Fsp3) is 0. The lowest BCUT2D eigenvalue weighted by Crippen LogP contribution is -2.47. The van der Waals surface area contributed by atoms with Crippen LogP contribution in [0.1, 0.15) is 0 Å². The second-order valence-corrected chi connectivity index (χ2v) is 9.26. The standard InChI is InChI=1S/C30H16BNO/c1-3-13-25-17(7-1)20-10-6-11-21-19-9-5-12-23-27-24(31(28(19)23)32(25)29(20)21)16-15-22-18-8-2-4-14-26(18)33-30(22)27/h1-16H. The van der Waals surface area contributed by atoms with Crippen LogP contribution in [0.3, 0.4) is 0 Å². The number of benzene rings is 5. The monoisotopic (exact) mass is 417 g/mol. The zero-order valence-electron chi connectivity index (χ0n) is 17.7. The predicted molar refractivity (Wildman–Crippen MR) is 138 cm³/mol. The number of furan rings is 1. The Balaban J connectivity index is 1.53. The van der Waals surface area contributed by atoms with Gasteiger partial charge in [-0.15, -0.1) is 0 Å². The normalized spacial score (nSPS) is 13.4. The van der Waals surface area contributed by atoms with E-state index in [1.165, 1.54) is 65.8 Å². The second kappa shape index (κ2) is 5.39. The molecule has 0 atom stereocenters. The van der Waals surface area contributed by atoms with Crippen LogP contribution in [0.5, 0.6) is 0 Å². The number of para-hydroxylation sites is 3. The maximum atomic E-state index is 6.52. The molecule has 4 heterocycles. The third-order valence-corrected chi connectivity index (χ3v) is 7.80. The van der Waals surface area contributed by atoms with Crippen molar-refractivity contribution in [3.05, 3.63) is 97.1 Å². The largest absolute Gasteiger partial charge is 0.455 e. The fourth-order valence-corrected chi connectivity index (χ4v) is 6.58. The second-order valence-electron chi connectivity index (χ2n) is 9.26. The summed E-state index contributed by atoms with van der Waals surface area (Å²) >= 11 is 0. The van der Waals surface area contributed by atoms with E-state index in [4.69, 9.17) is 4.42 Å². The van der Waals surface area contributed by atoms with E-state index in [9.17, 15) is 0 Å². The summed E-state index contributed by atoms with van der Waals surface area (Å²) < 4.78 is 9.09. The van der Waals surface area contributed by atoms with Gasteiger partial charge < -0.3 is 8.90 Å². The van der Waals surface area contributed by atoms with Crippen LogP contribution in [0, 0.1) is 0 Å². The molecule has 5 aromatic carbocycles. The lowest BCUT2D eigenvalue weighted by Gasteiger charge is -2.24. The predicted octanol–water partition coefficient (Wildman–Crippen LogP) is 6.31. The third kappa shape index (κ3) is 1.75. The maximum absolute atomic E-state index is 6.52. The van der Waals surface area contributed by atoms with Crippen molar-refractivity contribution in [2.75, 3.05) is 0 Å². The summed E-state index contributed by atoms with van der Waals surface area (Å²) in [5.41, 5.74) is 12.6. The lowest BCUT2D eigenvalue weighted by molar-refractivity contribution is 0.670. The van der Waals surface area contributed by atoms with E-state index in [-0.39, 0.29) is 6.85 Å². The van der Waals surface area contributed by atoms with Gasteiger partial charge in [-0.2, -0.15) is 0 Å². The Morgan fingerprint density at radius 1 is 0.576 bits per heavy atom. The van der Waals surface area contributed by atoms with Crippen molar-refractivity contribution < 1.29 is 4.42 Å². The number of hydrogen-bond acceptors (Lipinski definition) is 1. The molecule has 2 nitrogen and oxygen atoms in total. The Bertz CT molecular complexity index is 1990. The molecule has 0 N–H and O–H groups in total. The lowest BCUT2D eigenvalue weighted by atomic mass is 9.50. The molecule has 0 unspecified atom stereocenters. The van der Waals surface area contributed by atoms with Crippen LogP contribution in [-0.2, 0) is 0 Å². The van der Waals surface area contributed by atoms with Crippen LogP contribution in [0.15, 0.2) is 101 Å². The summed E-state index contributed by atoms with van der Waals surface area (Å²) in [5.74, 6) is 0. The van der Waals surface area contributed by atoms with E-state index in [2.05, 4.69) is 95.5 Å². The Labute approximate surface area is 189 Å². The molecule has 0 radical (unpaired) electrons. The molecule has 0 saturated carbocycles. The smallest absolute Gasteiger partial charge is 0.330 e. The van der Waals surface area contributed by atoms with Gasteiger partial charge in [0, 0.05) is 43.7 Å². The quantitative estimate of drug-likeness (QED) is 0.265. The molecule has 0 amide bonds. The molecular weight excluding hydrogens is 401 g/mol. The molecule has 0 saturated heterocycles. The SMILES string of the molecule is c1cc2c3c(c1)-c1cccc4c5ccccc5n(c14)B3c1ccc3c(oc4ccccc43)c1-2. The number of aromatic nitrogens is 1. The molecule has 2 aliphatic heterocycles. The molecule has 9 rings (SSSR count). The number of hydrogen-bond donors (Lipinski definition) is 0. The van der Waals surface area contributed by atoms with Crippen LogP contribution in [0.25, 0.3) is 66.0 Å². The number of fused-ring (bicyclic) bond motifs is 12. The average molecular weight is 417 g/mol. The highest BCUT2D eigenvalue weighted by molar-refractivity contribution is 6.91. The first kappa shape index (κ1) is 16.4. The molecule has 0 spiro atoms. The van der Waals surface area contributed by atoms with E-state index in [1.54, 1.807) is 0 Å². The van der Waals surface area contributed by atoms with Gasteiger partial charge in [0.15, 0.2) is 0 Å². The first-order chi connectivity index (χ1) is 16.4. The first-order valence-electron chi connectivity index (χ1n) is 11.5. The minimum absolute atomic E-state index is 0.154. The van der Waals surface area contributed by atoms with Gasteiger partial charge in [-0.3, -0.25) is 0 Å². The van der Waals surface area contributed by atoms with Crippen LogP contribution in [0.4, 0.5) is 0 Å². The summed E-state index contributed by atoms with van der Waals surface area (Å²) in [6.45, 7) is 0.154. The Morgan fingerprint density at radius 3 is 2.30 bits per heavy atom. The number of rotatable bonds is 0. The van der Waals surface area contributed by atoms with Crippen molar-refractivity contribution in [1.29, 1.82) is 0 Å². The van der Waals surface area contributed by atoms with Gasteiger partial charge >= 0.3 is 6.85 Å². The van der Waals surface area contributed by atoms with Gasteiger partial charge in [0.05, 0.1) is 0 Å². The Kier molecular flexibility index (Phi) is 2.68. The summed E-state index contributed by atoms with van der Waals surface area (Å²) in [7, 11) is 0. The van der Waals surface area contributed by atoms with E-state index in [1.807, 2.05) is 6.07 Å². The van der Waals surface area contributed by atoms with Crippen molar-refractivity contribution in [3.63, 3.8) is 0 Å². The van der Waals surface area contributed by atoms with Crippen LogP contribution in [0.2, 0.25) is 0 Å². The molecule has 0 fully saturated rings. The van der Waals surface area contributed by atoms with Gasteiger partial charge in [0.25, 0.3) is 0 Å². The topological polar surface area (TPSA) is 18.1 Å². The van der Waals surface area contributed by atoms with Gasteiger partial charge in [0.1, 0.15) is 11.2 Å². The Morgan fingerprint density at radius 2 is 1.33 bits per heavy atom. The van der Waals surface area contributed by atoms with E-state index >= 15 is 0 Å². The summed E-state index contributed by atoms with van der Waals surface area (Å²) in [4.78, 5) is 0. The van der Waals surface area contributed by atoms with Gasteiger partial charge in [-0.25, -0.2) is 0 Å². The van der Waals surface area contributed by atoms with Crippen LogP contribution in [-0.4, -0.2) is 11.3 Å². The average Bonchev–Trinajstić information content (AvgIpc) is 3.51. The van der Waals surface area contributed by atoms with Gasteiger partial charge in [-0.05, 0) is 34.2 Å². The Hall–Kier alpha value is -4.24. The van der Waals surface area contributed by atoms with Crippen LogP contribution >= 0.6 is 0 Å². The molecule has 150 valence electrons. The molecule has 2 aromatic heterocycles. The van der Waals surface area contributed by atoms with Crippen molar-refractivity contribution >= 4 is 61.5 Å². The summed E-state index contributed by atoms with van der Waals surface area (Å²) in [6, 6.07) is 35.3. The molecule has 0 aliphatic carbocycles. The van der Waals surface area contributed by atoms with E-state index < -0.39 is 0 Å². The molecule has 33 heavy (non-hydrogen) atoms. The third-order valence-electron chi connectivity index (χ3n) is 7.80. The van der Waals surface area contributed by atoms with Crippen molar-refractivity contribution in [2.45, 2.75) is 0 Å². The highest BCUT2D eigenvalue weighted by atomic mass is 16.3. The fourth-order valence-electron chi connectivity index (χ4n) is 6.58. The molecular formula is C30H16BNO. The first-order valence-corrected chi connectivity index (χ1v) is 11.5. The summed E-state index contributed by atoms with van der Waals surface area (Å²) in [6.07, 6.45) is 0. The van der Waals surface area contributed by atoms with Crippen molar-refractivity contribution in [3.8, 4) is 22.3 Å². The minimum atomic E-state index is 0.154. The highest BCUT2D eigenvalue weighted by Crippen LogP contribution is 2.44. The van der Waals surface area contributed by atoms with Crippen LogP contribution < -0.4 is 10.9 Å². The van der Waals surface area contributed by atoms with Crippen molar-refractivity contribution in [2.24, 2.45) is 0 Å². The van der Waals surface area contributed by atoms with E-state index in [0.717, 1.165) is 11.2 Å². The highest BCUT2D eigenvalue weighted by Gasteiger charge is 2.42. The van der Waals surface area contributed by atoms with E-state index in [0.29, 0.717) is 0 Å². The van der Waals surface area contributed by atoms with Gasteiger partial charge in [0.2, 0.25) is 0 Å². The van der Waals surface area contributed by atoms with Crippen molar-refractivity contribution in [1.82, 2.24) is 4.48 Å². The minimum Gasteiger partial charge on any atom is -0.455 e. The molecule has 0 bridgehead atoms. The molecule has 2 aliphatic rings. The number of nitrogens with zero attached hydrogens (tertiary/aromatic N) is 1. The molecule has 3 heteroatoms.